The summed E-state index contributed by atoms with van der Waals surface area (Å²) < 4.78 is 5.11. The Bertz CT molecular complexity index is 383. The highest BCUT2D eigenvalue weighted by Gasteiger charge is 2.08. The summed E-state index contributed by atoms with van der Waals surface area (Å²) in [6.07, 6.45) is 2.01. The van der Waals surface area contributed by atoms with E-state index in [9.17, 15) is 5.11 Å². The lowest BCUT2D eigenvalue weighted by molar-refractivity contribution is 0.148. The molecule has 0 aromatic carbocycles. The third-order valence-corrected chi connectivity index (χ3v) is 3.11. The Labute approximate surface area is 98.7 Å². The van der Waals surface area contributed by atoms with E-state index in [2.05, 4.69) is 22.1 Å². The second kappa shape index (κ2) is 5.84. The molecule has 2 aromatic rings. The fourth-order valence-corrected chi connectivity index (χ4v) is 2.19. The molecule has 0 amide bonds. The van der Waals surface area contributed by atoms with Gasteiger partial charge in [-0.1, -0.05) is 0 Å². The molecular formula is C12H15NO2S. The minimum absolute atomic E-state index is 0.525. The number of hydrogen-bond acceptors (Lipinski definition) is 4. The molecule has 0 aliphatic rings. The minimum Gasteiger partial charge on any atom is -0.467 e. The van der Waals surface area contributed by atoms with Crippen LogP contribution in [0.15, 0.2) is 39.6 Å². The lowest BCUT2D eigenvalue weighted by atomic mass is 10.2. The van der Waals surface area contributed by atoms with Gasteiger partial charge < -0.3 is 14.8 Å². The van der Waals surface area contributed by atoms with E-state index in [4.69, 9.17) is 4.42 Å². The average Bonchev–Trinajstić information content (AvgIpc) is 2.96. The fraction of sp³-hybridized carbons (Fsp3) is 0.333. The molecule has 4 heteroatoms. The lowest BCUT2D eigenvalue weighted by Crippen LogP contribution is -2.23. The van der Waals surface area contributed by atoms with Crippen molar-refractivity contribution >= 4 is 11.3 Å². The number of hydrogen-bond donors (Lipinski definition) is 2. The van der Waals surface area contributed by atoms with E-state index in [1.54, 1.807) is 29.7 Å². The summed E-state index contributed by atoms with van der Waals surface area (Å²) in [4.78, 5) is 0. The molecule has 0 fully saturated rings. The molecule has 1 unspecified atom stereocenters. The van der Waals surface area contributed by atoms with Gasteiger partial charge in [0.15, 0.2) is 0 Å². The topological polar surface area (TPSA) is 45.4 Å². The van der Waals surface area contributed by atoms with Gasteiger partial charge in [0.2, 0.25) is 0 Å². The van der Waals surface area contributed by atoms with Crippen molar-refractivity contribution in [3.8, 4) is 0 Å². The van der Waals surface area contributed by atoms with Crippen molar-refractivity contribution in [1.82, 2.24) is 5.32 Å². The molecule has 0 saturated heterocycles. The van der Waals surface area contributed by atoms with Crippen LogP contribution in [0, 0.1) is 0 Å². The molecule has 2 aromatic heterocycles. The quantitative estimate of drug-likeness (QED) is 0.757. The molecule has 0 spiro atoms. The second-order valence-corrected chi connectivity index (χ2v) is 4.40. The van der Waals surface area contributed by atoms with Crippen molar-refractivity contribution in [3.63, 3.8) is 0 Å². The standard InChI is InChI=1S/C12H15NO2S/c14-11(12-2-1-6-15-12)8-13-5-3-10-4-7-16-9-10/h1-2,4,6-7,9,11,13-14H,3,5,8H2. The van der Waals surface area contributed by atoms with Crippen LogP contribution >= 0.6 is 11.3 Å². The minimum atomic E-state index is -0.558. The Morgan fingerprint density at radius 3 is 3.06 bits per heavy atom. The second-order valence-electron chi connectivity index (χ2n) is 3.62. The molecule has 16 heavy (non-hydrogen) atoms. The number of nitrogens with one attached hydrogen (secondary N) is 1. The van der Waals surface area contributed by atoms with Gasteiger partial charge in [0.05, 0.1) is 6.26 Å². The highest BCUT2D eigenvalue weighted by molar-refractivity contribution is 7.07. The van der Waals surface area contributed by atoms with Gasteiger partial charge in [-0.05, 0) is 47.5 Å². The van der Waals surface area contributed by atoms with Gasteiger partial charge in [0, 0.05) is 6.54 Å². The Morgan fingerprint density at radius 1 is 1.44 bits per heavy atom. The Hall–Kier alpha value is -1.10. The molecule has 0 radical (unpaired) electrons. The van der Waals surface area contributed by atoms with Crippen molar-refractivity contribution < 1.29 is 9.52 Å². The summed E-state index contributed by atoms with van der Waals surface area (Å²) in [5.74, 6) is 0.614. The SMILES string of the molecule is OC(CNCCc1ccsc1)c1ccco1. The van der Waals surface area contributed by atoms with Crippen LogP contribution < -0.4 is 5.32 Å². The summed E-state index contributed by atoms with van der Waals surface area (Å²) in [5.41, 5.74) is 1.34. The Kier molecular flexibility index (Phi) is 4.16. The molecule has 1 atom stereocenters. The van der Waals surface area contributed by atoms with Gasteiger partial charge in [-0.15, -0.1) is 0 Å². The van der Waals surface area contributed by atoms with Gasteiger partial charge >= 0.3 is 0 Å². The first-order chi connectivity index (χ1) is 7.86. The fourth-order valence-electron chi connectivity index (χ4n) is 1.49. The molecule has 86 valence electrons. The van der Waals surface area contributed by atoms with Crippen molar-refractivity contribution in [2.45, 2.75) is 12.5 Å². The van der Waals surface area contributed by atoms with Gasteiger partial charge in [-0.25, -0.2) is 0 Å². The number of thiophene rings is 1. The van der Waals surface area contributed by atoms with E-state index < -0.39 is 6.10 Å². The molecule has 2 heterocycles. The number of rotatable bonds is 6. The maximum atomic E-state index is 9.71. The first-order valence-corrected chi connectivity index (χ1v) is 6.24. The molecule has 0 saturated carbocycles. The number of furan rings is 1. The highest BCUT2D eigenvalue weighted by atomic mass is 32.1. The predicted molar refractivity (Wildman–Crippen MR) is 64.6 cm³/mol. The monoisotopic (exact) mass is 237 g/mol. The molecule has 2 rings (SSSR count). The summed E-state index contributed by atoms with van der Waals surface area (Å²) >= 11 is 1.71. The van der Waals surface area contributed by atoms with E-state index >= 15 is 0 Å². The third-order valence-electron chi connectivity index (χ3n) is 2.38. The van der Waals surface area contributed by atoms with E-state index in [1.807, 2.05) is 0 Å². The smallest absolute Gasteiger partial charge is 0.133 e. The van der Waals surface area contributed by atoms with Crippen LogP contribution in [0.4, 0.5) is 0 Å². The van der Waals surface area contributed by atoms with Crippen LogP contribution in [0.3, 0.4) is 0 Å². The Balaban J connectivity index is 1.65. The van der Waals surface area contributed by atoms with Crippen molar-refractivity contribution in [2.24, 2.45) is 0 Å². The van der Waals surface area contributed by atoms with Crippen molar-refractivity contribution in [1.29, 1.82) is 0 Å². The average molecular weight is 237 g/mol. The number of aliphatic hydroxyl groups is 1. The van der Waals surface area contributed by atoms with Crippen LogP contribution in [0.1, 0.15) is 17.4 Å². The summed E-state index contributed by atoms with van der Waals surface area (Å²) in [6.45, 7) is 1.39. The third kappa shape index (κ3) is 3.20. The molecule has 3 nitrogen and oxygen atoms in total. The highest BCUT2D eigenvalue weighted by Crippen LogP contribution is 2.11. The van der Waals surface area contributed by atoms with E-state index in [0.29, 0.717) is 12.3 Å². The molecule has 0 bridgehead atoms. The summed E-state index contributed by atoms with van der Waals surface area (Å²) in [5, 5.41) is 17.1. The molecule has 0 aliphatic heterocycles. The van der Waals surface area contributed by atoms with Crippen LogP contribution in [0.2, 0.25) is 0 Å². The first-order valence-electron chi connectivity index (χ1n) is 5.29. The normalized spacial score (nSPS) is 12.8. The summed E-state index contributed by atoms with van der Waals surface area (Å²) in [6, 6.07) is 5.68. The predicted octanol–water partition coefficient (Wildman–Crippen LogP) is 2.21. The zero-order valence-electron chi connectivity index (χ0n) is 8.93. The zero-order valence-corrected chi connectivity index (χ0v) is 9.74. The molecular weight excluding hydrogens is 222 g/mol. The maximum Gasteiger partial charge on any atom is 0.133 e. The number of aliphatic hydroxyl groups excluding tert-OH is 1. The van der Waals surface area contributed by atoms with Crippen LogP contribution in [0.5, 0.6) is 0 Å². The zero-order chi connectivity index (χ0) is 11.2. The molecule has 0 aliphatic carbocycles. The van der Waals surface area contributed by atoms with Gasteiger partial charge in [-0.2, -0.15) is 11.3 Å². The first kappa shape index (κ1) is 11.4. The van der Waals surface area contributed by atoms with Gasteiger partial charge in [0.1, 0.15) is 11.9 Å². The van der Waals surface area contributed by atoms with E-state index in [0.717, 1.165) is 13.0 Å². The van der Waals surface area contributed by atoms with Crippen LogP contribution in [-0.4, -0.2) is 18.2 Å². The van der Waals surface area contributed by atoms with E-state index in [1.165, 1.54) is 5.56 Å². The van der Waals surface area contributed by atoms with Gasteiger partial charge in [-0.3, -0.25) is 0 Å². The van der Waals surface area contributed by atoms with E-state index in [-0.39, 0.29) is 0 Å². The lowest BCUT2D eigenvalue weighted by Gasteiger charge is -2.08. The summed E-state index contributed by atoms with van der Waals surface area (Å²) in [7, 11) is 0. The van der Waals surface area contributed by atoms with Gasteiger partial charge in [0.25, 0.3) is 0 Å². The maximum absolute atomic E-state index is 9.71. The van der Waals surface area contributed by atoms with Crippen molar-refractivity contribution in [3.05, 3.63) is 46.5 Å². The van der Waals surface area contributed by atoms with Crippen molar-refractivity contribution in [2.75, 3.05) is 13.1 Å². The van der Waals surface area contributed by atoms with Crippen LogP contribution in [-0.2, 0) is 6.42 Å². The Morgan fingerprint density at radius 2 is 2.38 bits per heavy atom. The largest absolute Gasteiger partial charge is 0.467 e. The van der Waals surface area contributed by atoms with Crippen LogP contribution in [0.25, 0.3) is 0 Å². The molecule has 2 N–H and O–H groups in total.